The van der Waals surface area contributed by atoms with Gasteiger partial charge in [0.05, 0.1) is 6.10 Å². The average molecular weight is 258 g/mol. The maximum Gasteiger partial charge on any atom is 0.177 e. The highest BCUT2D eigenvalue weighted by atomic mass is 28.3. The van der Waals surface area contributed by atoms with Crippen LogP contribution in [0.4, 0.5) is 0 Å². The van der Waals surface area contributed by atoms with Crippen LogP contribution in [0.25, 0.3) is 10.8 Å². The third-order valence-electron chi connectivity index (χ3n) is 3.55. The van der Waals surface area contributed by atoms with Gasteiger partial charge in [0, 0.05) is 0 Å². The van der Waals surface area contributed by atoms with E-state index >= 15 is 0 Å². The molecule has 2 aromatic carbocycles. The number of hydrogen-bond acceptors (Lipinski definition) is 1. The second kappa shape index (κ2) is 6.16. The monoisotopic (exact) mass is 258 g/mol. The van der Waals surface area contributed by atoms with Gasteiger partial charge in [-0.25, -0.2) is 0 Å². The van der Waals surface area contributed by atoms with Gasteiger partial charge in [0.15, 0.2) is 9.04 Å². The van der Waals surface area contributed by atoms with Gasteiger partial charge >= 0.3 is 0 Å². The van der Waals surface area contributed by atoms with E-state index in [-0.39, 0.29) is 6.10 Å². The second-order valence-corrected chi connectivity index (χ2v) is 7.97. The molecule has 0 N–H and O–H groups in total. The summed E-state index contributed by atoms with van der Waals surface area (Å²) in [6, 6.07) is 17.6. The summed E-state index contributed by atoms with van der Waals surface area (Å²) in [4.78, 5) is 0. The predicted molar refractivity (Wildman–Crippen MR) is 81.6 cm³/mol. The predicted octanol–water partition coefficient (Wildman–Crippen LogP) is 4.68. The highest BCUT2D eigenvalue weighted by Crippen LogP contribution is 2.24. The summed E-state index contributed by atoms with van der Waals surface area (Å²) >= 11 is 0. The van der Waals surface area contributed by atoms with Crippen LogP contribution in [0.5, 0.6) is 0 Å². The fourth-order valence-electron chi connectivity index (χ4n) is 2.31. The van der Waals surface area contributed by atoms with Crippen molar-refractivity contribution < 1.29 is 4.43 Å². The van der Waals surface area contributed by atoms with Crippen LogP contribution in [-0.4, -0.2) is 9.04 Å². The molecular formula is C16H22OSi. The molecule has 0 aromatic heterocycles. The minimum atomic E-state index is -0.982. The van der Waals surface area contributed by atoms with E-state index in [2.05, 4.69) is 63.2 Å². The van der Waals surface area contributed by atoms with E-state index in [0.717, 1.165) is 0 Å². The highest BCUT2D eigenvalue weighted by molar-refractivity contribution is 6.51. The molecule has 0 heterocycles. The van der Waals surface area contributed by atoms with Crippen LogP contribution in [0.1, 0.15) is 32.4 Å². The van der Waals surface area contributed by atoms with Crippen LogP contribution < -0.4 is 0 Å². The molecule has 1 nitrogen and oxygen atoms in total. The minimum absolute atomic E-state index is 0.228. The Hall–Kier alpha value is -1.12. The molecule has 0 radical (unpaired) electrons. The van der Waals surface area contributed by atoms with E-state index in [9.17, 15) is 0 Å². The Bertz CT molecular complexity index is 505. The van der Waals surface area contributed by atoms with E-state index in [1.54, 1.807) is 0 Å². The molecule has 96 valence electrons. The van der Waals surface area contributed by atoms with Crippen molar-refractivity contribution in [3.63, 3.8) is 0 Å². The van der Waals surface area contributed by atoms with Gasteiger partial charge in [0.1, 0.15) is 0 Å². The lowest BCUT2D eigenvalue weighted by atomic mass is 10.0. The molecule has 0 saturated heterocycles. The number of hydrogen-bond donors (Lipinski definition) is 0. The van der Waals surface area contributed by atoms with Gasteiger partial charge in [-0.1, -0.05) is 50.2 Å². The fraction of sp³-hybridized carbons (Fsp3) is 0.375. The van der Waals surface area contributed by atoms with Crippen molar-refractivity contribution >= 4 is 19.8 Å². The summed E-state index contributed by atoms with van der Waals surface area (Å²) in [7, 11) is -0.982. The highest BCUT2D eigenvalue weighted by Gasteiger charge is 2.13. The van der Waals surface area contributed by atoms with Crippen molar-refractivity contribution in [3.8, 4) is 0 Å². The molecule has 0 spiro atoms. The summed E-state index contributed by atoms with van der Waals surface area (Å²) in [6.07, 6.45) is 0.228. The van der Waals surface area contributed by atoms with Crippen molar-refractivity contribution in [2.45, 2.75) is 39.0 Å². The van der Waals surface area contributed by atoms with Crippen LogP contribution >= 0.6 is 0 Å². The summed E-state index contributed by atoms with van der Waals surface area (Å²) in [5.74, 6) is 0. The Labute approximate surface area is 112 Å². The Morgan fingerprint density at radius 3 is 2.33 bits per heavy atom. The van der Waals surface area contributed by atoms with Gasteiger partial charge in [-0.05, 0) is 41.4 Å². The Morgan fingerprint density at radius 1 is 1.00 bits per heavy atom. The summed E-state index contributed by atoms with van der Waals surface area (Å²) < 4.78 is 6.22. The zero-order chi connectivity index (χ0) is 13.0. The van der Waals surface area contributed by atoms with Crippen LogP contribution in [0.2, 0.25) is 12.1 Å². The minimum Gasteiger partial charge on any atom is -0.413 e. The van der Waals surface area contributed by atoms with Crippen molar-refractivity contribution in [2.75, 3.05) is 0 Å². The third kappa shape index (κ3) is 3.00. The molecule has 2 heteroatoms. The zero-order valence-electron chi connectivity index (χ0n) is 11.5. The molecule has 1 atom stereocenters. The molecule has 0 amide bonds. The van der Waals surface area contributed by atoms with Crippen LogP contribution in [0.3, 0.4) is 0 Å². The van der Waals surface area contributed by atoms with Crippen LogP contribution in [0, 0.1) is 0 Å². The standard InChI is InChI=1S/C16H22OSi/c1-4-18(5-2)17-13(3)15-11-10-14-8-6-7-9-16(14)12-15/h6-13,18H,4-5H2,1-3H3/t13-/m0/s1. The van der Waals surface area contributed by atoms with Crippen molar-refractivity contribution in [3.05, 3.63) is 48.0 Å². The quantitative estimate of drug-likeness (QED) is 0.707. The van der Waals surface area contributed by atoms with Gasteiger partial charge in [0.2, 0.25) is 0 Å². The molecule has 18 heavy (non-hydrogen) atoms. The molecule has 2 aromatic rings. The SMILES string of the molecule is CC[SiH](CC)O[C@@H](C)c1ccc2ccccc2c1. The first kappa shape index (κ1) is 13.3. The van der Waals surface area contributed by atoms with Crippen molar-refractivity contribution in [1.82, 2.24) is 0 Å². The van der Waals surface area contributed by atoms with Gasteiger partial charge in [-0.15, -0.1) is 0 Å². The van der Waals surface area contributed by atoms with Gasteiger partial charge in [-0.2, -0.15) is 0 Å². The maximum absolute atomic E-state index is 6.22. The number of fused-ring (bicyclic) bond motifs is 1. The molecule has 0 bridgehead atoms. The Kier molecular flexibility index (Phi) is 4.56. The lowest BCUT2D eigenvalue weighted by molar-refractivity contribution is 0.226. The molecule has 2 rings (SSSR count). The second-order valence-electron chi connectivity index (χ2n) is 4.82. The van der Waals surface area contributed by atoms with E-state index < -0.39 is 9.04 Å². The molecule has 0 aliphatic carbocycles. The Morgan fingerprint density at radius 2 is 1.67 bits per heavy atom. The van der Waals surface area contributed by atoms with Gasteiger partial charge < -0.3 is 4.43 Å². The van der Waals surface area contributed by atoms with Crippen molar-refractivity contribution in [2.24, 2.45) is 0 Å². The first-order chi connectivity index (χ1) is 8.74. The maximum atomic E-state index is 6.22. The average Bonchev–Trinajstić information content (AvgIpc) is 2.44. The van der Waals surface area contributed by atoms with E-state index in [1.807, 2.05) is 0 Å². The zero-order valence-corrected chi connectivity index (χ0v) is 12.7. The van der Waals surface area contributed by atoms with Crippen LogP contribution in [-0.2, 0) is 4.43 Å². The van der Waals surface area contributed by atoms with Crippen LogP contribution in [0.15, 0.2) is 42.5 Å². The van der Waals surface area contributed by atoms with E-state index in [4.69, 9.17) is 4.43 Å². The molecule has 0 saturated carbocycles. The summed E-state index contributed by atoms with van der Waals surface area (Å²) in [6.45, 7) is 6.66. The number of benzene rings is 2. The van der Waals surface area contributed by atoms with E-state index in [0.29, 0.717) is 0 Å². The molecule has 0 fully saturated rings. The summed E-state index contributed by atoms with van der Waals surface area (Å²) in [5, 5.41) is 2.60. The number of rotatable bonds is 5. The largest absolute Gasteiger partial charge is 0.413 e. The summed E-state index contributed by atoms with van der Waals surface area (Å²) in [5.41, 5.74) is 1.30. The van der Waals surface area contributed by atoms with E-state index in [1.165, 1.54) is 28.4 Å². The van der Waals surface area contributed by atoms with Crippen molar-refractivity contribution in [1.29, 1.82) is 0 Å². The normalized spacial score (nSPS) is 13.1. The first-order valence-electron chi connectivity index (χ1n) is 6.88. The smallest absolute Gasteiger partial charge is 0.177 e. The molecular weight excluding hydrogens is 236 g/mol. The van der Waals surface area contributed by atoms with Gasteiger partial charge in [0.25, 0.3) is 0 Å². The fourth-order valence-corrected chi connectivity index (χ4v) is 4.01. The molecule has 0 aliphatic heterocycles. The third-order valence-corrected chi connectivity index (χ3v) is 6.16. The lowest BCUT2D eigenvalue weighted by Crippen LogP contribution is -2.17. The molecule has 0 unspecified atom stereocenters. The topological polar surface area (TPSA) is 9.23 Å². The molecule has 0 aliphatic rings. The first-order valence-corrected chi connectivity index (χ1v) is 8.99. The van der Waals surface area contributed by atoms with Gasteiger partial charge in [-0.3, -0.25) is 0 Å². The Balaban J connectivity index is 2.19. The lowest BCUT2D eigenvalue weighted by Gasteiger charge is -2.20.